The van der Waals surface area contributed by atoms with E-state index in [4.69, 9.17) is 5.11 Å². The number of hydrogen-bond donors (Lipinski definition) is 3. The molecular weight excluding hydrogens is 244 g/mol. The quantitative estimate of drug-likeness (QED) is 0.758. The Balaban J connectivity index is 2.25. The van der Waals surface area contributed by atoms with E-state index < -0.39 is 11.9 Å². The van der Waals surface area contributed by atoms with Gasteiger partial charge in [-0.2, -0.15) is 0 Å². The molecule has 0 saturated heterocycles. The first kappa shape index (κ1) is 11.3. The fourth-order valence-corrected chi connectivity index (χ4v) is 1.76. The molecule has 0 aliphatic rings. The number of carbonyl (C=O) groups is 2. The number of nitrogens with zero attached hydrogens (tertiary/aromatic N) is 2. The highest BCUT2D eigenvalue weighted by atomic mass is 32.1. The van der Waals surface area contributed by atoms with Crippen LogP contribution in [0.3, 0.4) is 0 Å². The van der Waals surface area contributed by atoms with Crippen LogP contribution in [0, 0.1) is 6.92 Å². The number of aryl methyl sites for hydroxylation is 1. The number of rotatable bonds is 3. The number of H-pyrrole nitrogens is 1. The van der Waals surface area contributed by atoms with Crippen LogP contribution in [-0.2, 0) is 0 Å². The molecule has 0 aliphatic heterocycles. The molecule has 17 heavy (non-hydrogen) atoms. The summed E-state index contributed by atoms with van der Waals surface area (Å²) in [5.41, 5.74) is 0.763. The van der Waals surface area contributed by atoms with Gasteiger partial charge in [-0.1, -0.05) is 4.49 Å². The normalized spacial score (nSPS) is 10.2. The maximum atomic E-state index is 11.7. The Hall–Kier alpha value is -2.22. The number of carbonyl (C=O) groups excluding carboxylic acids is 1. The third-order valence-corrected chi connectivity index (χ3v) is 2.79. The molecule has 88 valence electrons. The molecule has 0 bridgehead atoms. The Labute approximate surface area is 99.6 Å². The molecular formula is C9H8N4O3S. The van der Waals surface area contributed by atoms with Gasteiger partial charge in [0.25, 0.3) is 5.91 Å². The van der Waals surface area contributed by atoms with E-state index in [9.17, 15) is 9.59 Å². The summed E-state index contributed by atoms with van der Waals surface area (Å²) < 4.78 is 3.55. The summed E-state index contributed by atoms with van der Waals surface area (Å²) in [6, 6.07) is 0. The van der Waals surface area contributed by atoms with Gasteiger partial charge in [0, 0.05) is 11.9 Å². The Morgan fingerprint density at radius 3 is 2.88 bits per heavy atom. The molecule has 0 atom stereocenters. The van der Waals surface area contributed by atoms with Crippen LogP contribution in [0.15, 0.2) is 12.4 Å². The topological polar surface area (TPSA) is 108 Å². The van der Waals surface area contributed by atoms with Crippen molar-refractivity contribution in [1.29, 1.82) is 0 Å². The number of aromatic amines is 1. The fraction of sp³-hybridized carbons (Fsp3) is 0.111. The lowest BCUT2D eigenvalue weighted by Crippen LogP contribution is -2.12. The van der Waals surface area contributed by atoms with Gasteiger partial charge in [0.2, 0.25) is 0 Å². The zero-order chi connectivity index (χ0) is 12.4. The monoisotopic (exact) mass is 252 g/mol. The lowest BCUT2D eigenvalue weighted by Gasteiger charge is -2.01. The number of aromatic nitrogens is 3. The summed E-state index contributed by atoms with van der Waals surface area (Å²) in [6.45, 7) is 1.62. The molecule has 0 aromatic carbocycles. The molecule has 1 amide bonds. The van der Waals surface area contributed by atoms with Gasteiger partial charge >= 0.3 is 5.97 Å². The first-order valence-corrected chi connectivity index (χ1v) is 5.37. The molecule has 0 aliphatic carbocycles. The van der Waals surface area contributed by atoms with E-state index in [1.165, 1.54) is 12.4 Å². The van der Waals surface area contributed by atoms with Crippen molar-refractivity contribution in [2.75, 3.05) is 5.32 Å². The Kier molecular flexibility index (Phi) is 2.88. The third kappa shape index (κ3) is 2.16. The molecule has 0 spiro atoms. The molecule has 0 saturated carbocycles. The number of amides is 1. The molecule has 2 rings (SSSR count). The maximum Gasteiger partial charge on any atom is 0.339 e. The van der Waals surface area contributed by atoms with Crippen LogP contribution in [0.2, 0.25) is 0 Å². The molecule has 8 heteroatoms. The van der Waals surface area contributed by atoms with E-state index in [2.05, 4.69) is 19.9 Å². The number of aromatic carboxylic acids is 1. The van der Waals surface area contributed by atoms with Gasteiger partial charge in [0.15, 0.2) is 0 Å². The number of nitrogens with one attached hydrogen (secondary N) is 2. The first-order valence-electron chi connectivity index (χ1n) is 4.59. The van der Waals surface area contributed by atoms with Gasteiger partial charge in [-0.05, 0) is 18.5 Å². The maximum absolute atomic E-state index is 11.7. The first-order chi connectivity index (χ1) is 8.09. The second-order valence-electron chi connectivity index (χ2n) is 3.24. The largest absolute Gasteiger partial charge is 0.478 e. The second-order valence-corrected chi connectivity index (χ2v) is 4.03. The highest BCUT2D eigenvalue weighted by Crippen LogP contribution is 2.20. The van der Waals surface area contributed by atoms with E-state index in [-0.39, 0.29) is 11.3 Å². The predicted octanol–water partition coefficient (Wildman–Crippen LogP) is 1.13. The minimum atomic E-state index is -1.10. The third-order valence-electron chi connectivity index (χ3n) is 2.12. The van der Waals surface area contributed by atoms with Crippen LogP contribution in [0.5, 0.6) is 0 Å². The van der Waals surface area contributed by atoms with Gasteiger partial charge in [-0.15, -0.1) is 5.10 Å². The van der Waals surface area contributed by atoms with E-state index in [0.29, 0.717) is 10.6 Å². The number of hydrogen-bond acceptors (Lipinski definition) is 5. The lowest BCUT2D eigenvalue weighted by molar-refractivity contribution is 0.0697. The summed E-state index contributed by atoms with van der Waals surface area (Å²) in [5, 5.41) is 15.0. The number of carboxylic acids is 1. The van der Waals surface area contributed by atoms with Crippen molar-refractivity contribution in [1.82, 2.24) is 14.6 Å². The average molecular weight is 252 g/mol. The summed E-state index contributed by atoms with van der Waals surface area (Å²) >= 11 is 0.941. The van der Waals surface area contributed by atoms with Crippen molar-refractivity contribution in [3.8, 4) is 0 Å². The van der Waals surface area contributed by atoms with Crippen LogP contribution in [0.25, 0.3) is 0 Å². The summed E-state index contributed by atoms with van der Waals surface area (Å²) in [6.07, 6.45) is 2.76. The molecule has 2 aromatic rings. The number of anilines is 1. The van der Waals surface area contributed by atoms with Crippen LogP contribution in [0.1, 0.15) is 25.7 Å². The minimum absolute atomic E-state index is 0.0517. The van der Waals surface area contributed by atoms with Gasteiger partial charge in [0.05, 0.1) is 11.9 Å². The molecule has 2 aromatic heterocycles. The van der Waals surface area contributed by atoms with Crippen molar-refractivity contribution in [2.24, 2.45) is 0 Å². The molecule has 7 nitrogen and oxygen atoms in total. The second kappa shape index (κ2) is 4.34. The zero-order valence-corrected chi connectivity index (χ0v) is 9.54. The Morgan fingerprint density at radius 1 is 1.53 bits per heavy atom. The molecule has 0 fully saturated rings. The van der Waals surface area contributed by atoms with Gasteiger partial charge < -0.3 is 15.4 Å². The lowest BCUT2D eigenvalue weighted by atomic mass is 10.2. The minimum Gasteiger partial charge on any atom is -0.478 e. The molecule has 3 N–H and O–H groups in total. The van der Waals surface area contributed by atoms with E-state index in [0.717, 1.165) is 11.5 Å². The highest BCUT2D eigenvalue weighted by molar-refractivity contribution is 7.07. The highest BCUT2D eigenvalue weighted by Gasteiger charge is 2.18. The smallest absolute Gasteiger partial charge is 0.339 e. The predicted molar refractivity (Wildman–Crippen MR) is 60.4 cm³/mol. The summed E-state index contributed by atoms with van der Waals surface area (Å²) in [7, 11) is 0. The van der Waals surface area contributed by atoms with Crippen LogP contribution in [0.4, 0.5) is 5.69 Å². The number of carboxylic acid groups (broad SMARTS) is 1. The van der Waals surface area contributed by atoms with Crippen LogP contribution in [-0.4, -0.2) is 31.6 Å². The van der Waals surface area contributed by atoms with Gasteiger partial charge in [0.1, 0.15) is 10.4 Å². The zero-order valence-electron chi connectivity index (χ0n) is 8.72. The summed E-state index contributed by atoms with van der Waals surface area (Å²) in [5.74, 6) is -1.53. The van der Waals surface area contributed by atoms with Crippen molar-refractivity contribution in [2.45, 2.75) is 6.92 Å². The van der Waals surface area contributed by atoms with Crippen molar-refractivity contribution >= 4 is 29.1 Å². The van der Waals surface area contributed by atoms with Crippen molar-refractivity contribution in [3.05, 3.63) is 28.5 Å². The molecule has 0 unspecified atom stereocenters. The van der Waals surface area contributed by atoms with Gasteiger partial charge in [-0.25, -0.2) is 4.79 Å². The van der Waals surface area contributed by atoms with Crippen molar-refractivity contribution in [3.63, 3.8) is 0 Å². The van der Waals surface area contributed by atoms with Crippen LogP contribution < -0.4 is 5.32 Å². The van der Waals surface area contributed by atoms with Crippen LogP contribution >= 0.6 is 11.5 Å². The van der Waals surface area contributed by atoms with E-state index >= 15 is 0 Å². The Morgan fingerprint density at radius 2 is 2.29 bits per heavy atom. The van der Waals surface area contributed by atoms with E-state index in [1.807, 2.05) is 0 Å². The average Bonchev–Trinajstić information content (AvgIpc) is 2.87. The van der Waals surface area contributed by atoms with Crippen molar-refractivity contribution < 1.29 is 14.7 Å². The SMILES string of the molecule is Cc1[nH]cc(NC(=O)c2cnns2)c1C(=O)O. The molecule has 0 radical (unpaired) electrons. The van der Waals surface area contributed by atoms with E-state index in [1.54, 1.807) is 6.92 Å². The standard InChI is InChI=1S/C9H8N4O3S/c1-4-7(9(15)16)5(2-10-4)12-8(14)6-3-11-13-17-6/h2-3,10H,1H3,(H,12,14)(H,15,16). The fourth-order valence-electron chi connectivity index (χ4n) is 1.35. The summed E-state index contributed by atoms with van der Waals surface area (Å²) in [4.78, 5) is 25.7. The molecule has 2 heterocycles. The Bertz CT molecular complexity index is 561. The van der Waals surface area contributed by atoms with Gasteiger partial charge in [-0.3, -0.25) is 4.79 Å².